The zero-order valence-corrected chi connectivity index (χ0v) is 15.5. The van der Waals surface area contributed by atoms with Gasteiger partial charge in [-0.1, -0.05) is 0 Å². The number of anilines is 1. The summed E-state index contributed by atoms with van der Waals surface area (Å²) in [7, 11) is 0. The van der Waals surface area contributed by atoms with Crippen LogP contribution in [0.15, 0.2) is 24.5 Å². The largest absolute Gasteiger partial charge is 0.490 e. The maximum absolute atomic E-state index is 11.6. The van der Waals surface area contributed by atoms with Gasteiger partial charge in [-0.2, -0.15) is 10.2 Å². The zero-order chi connectivity index (χ0) is 19.4. The summed E-state index contributed by atoms with van der Waals surface area (Å²) in [6.07, 6.45) is 3.43. The SMILES string of the molecule is CC(C)(C)OC(=O)NCCCOc1cnc2ccnn2c1-c1cc(N)n[nH]1. The van der Waals surface area contributed by atoms with Crippen LogP contribution in [0.5, 0.6) is 5.75 Å². The fourth-order valence-corrected chi connectivity index (χ4v) is 2.43. The molecular formula is C17H23N7O3. The van der Waals surface area contributed by atoms with Crippen molar-refractivity contribution in [3.05, 3.63) is 24.5 Å². The summed E-state index contributed by atoms with van der Waals surface area (Å²) in [6.45, 7) is 6.26. The van der Waals surface area contributed by atoms with Gasteiger partial charge in [0.1, 0.15) is 17.1 Å². The topological polar surface area (TPSA) is 132 Å². The third-order valence-electron chi connectivity index (χ3n) is 3.48. The average Bonchev–Trinajstić information content (AvgIpc) is 3.21. The van der Waals surface area contributed by atoms with Gasteiger partial charge in [-0.05, 0) is 27.2 Å². The van der Waals surface area contributed by atoms with E-state index < -0.39 is 11.7 Å². The number of nitrogens with one attached hydrogen (secondary N) is 2. The molecule has 1 amide bonds. The zero-order valence-electron chi connectivity index (χ0n) is 15.5. The normalized spacial score (nSPS) is 11.5. The van der Waals surface area contributed by atoms with Gasteiger partial charge in [0.25, 0.3) is 0 Å². The molecule has 0 unspecified atom stereocenters. The fourth-order valence-electron chi connectivity index (χ4n) is 2.43. The number of alkyl carbamates (subject to hydrolysis) is 1. The van der Waals surface area contributed by atoms with E-state index in [-0.39, 0.29) is 0 Å². The Balaban J connectivity index is 1.63. The van der Waals surface area contributed by atoms with Crippen LogP contribution in [0.2, 0.25) is 0 Å². The van der Waals surface area contributed by atoms with Gasteiger partial charge in [0.2, 0.25) is 0 Å². The number of amides is 1. The van der Waals surface area contributed by atoms with Crippen molar-refractivity contribution < 1.29 is 14.3 Å². The molecule has 0 aliphatic heterocycles. The van der Waals surface area contributed by atoms with Crippen LogP contribution in [-0.4, -0.2) is 49.6 Å². The highest BCUT2D eigenvalue weighted by Gasteiger charge is 2.17. The molecule has 0 atom stereocenters. The Kier molecular flexibility index (Phi) is 5.15. The molecule has 10 nitrogen and oxygen atoms in total. The summed E-state index contributed by atoms with van der Waals surface area (Å²) >= 11 is 0. The summed E-state index contributed by atoms with van der Waals surface area (Å²) in [5.74, 6) is 0.904. The van der Waals surface area contributed by atoms with Crippen LogP contribution in [-0.2, 0) is 4.74 Å². The lowest BCUT2D eigenvalue weighted by Crippen LogP contribution is -2.33. The molecule has 144 valence electrons. The quantitative estimate of drug-likeness (QED) is 0.563. The molecule has 3 aromatic rings. The number of fused-ring (bicyclic) bond motifs is 1. The molecule has 3 aromatic heterocycles. The van der Waals surface area contributed by atoms with E-state index in [0.717, 1.165) is 0 Å². The van der Waals surface area contributed by atoms with Crippen LogP contribution in [0, 0.1) is 0 Å². The summed E-state index contributed by atoms with van der Waals surface area (Å²) in [5.41, 5.74) is 7.22. The van der Waals surface area contributed by atoms with Crippen molar-refractivity contribution in [1.29, 1.82) is 0 Å². The molecule has 0 aliphatic carbocycles. The van der Waals surface area contributed by atoms with Gasteiger partial charge < -0.3 is 20.5 Å². The van der Waals surface area contributed by atoms with Crippen LogP contribution in [0.4, 0.5) is 10.6 Å². The predicted molar refractivity (Wildman–Crippen MR) is 99.3 cm³/mol. The summed E-state index contributed by atoms with van der Waals surface area (Å²) in [6, 6.07) is 3.49. The lowest BCUT2D eigenvalue weighted by Gasteiger charge is -2.19. The Hall–Kier alpha value is -3.30. The van der Waals surface area contributed by atoms with Gasteiger partial charge in [-0.25, -0.2) is 14.3 Å². The fraction of sp³-hybridized carbons (Fsp3) is 0.412. The van der Waals surface area contributed by atoms with Gasteiger partial charge in [-0.3, -0.25) is 5.10 Å². The van der Waals surface area contributed by atoms with Gasteiger partial charge in [0.15, 0.2) is 11.4 Å². The highest BCUT2D eigenvalue weighted by molar-refractivity contribution is 5.68. The molecule has 0 radical (unpaired) electrons. The van der Waals surface area contributed by atoms with Gasteiger partial charge in [-0.15, -0.1) is 0 Å². The van der Waals surface area contributed by atoms with Crippen LogP contribution < -0.4 is 15.8 Å². The standard InChI is InChI=1S/C17H23N7O3/c1-17(2,3)27-16(25)19-6-4-8-26-12-10-20-14-5-7-21-24(14)15(12)11-9-13(18)23-22-11/h5,7,9-10H,4,6,8H2,1-3H3,(H,19,25)(H3,18,22,23). The lowest BCUT2D eigenvalue weighted by molar-refractivity contribution is 0.0525. The smallest absolute Gasteiger partial charge is 0.407 e. The van der Waals surface area contributed by atoms with Crippen molar-refractivity contribution in [3.63, 3.8) is 0 Å². The predicted octanol–water partition coefficient (Wildman–Crippen LogP) is 2.00. The number of hydrogen-bond donors (Lipinski definition) is 3. The second-order valence-corrected chi connectivity index (χ2v) is 6.91. The van der Waals surface area contributed by atoms with E-state index in [1.165, 1.54) is 0 Å². The molecule has 4 N–H and O–H groups in total. The highest BCUT2D eigenvalue weighted by atomic mass is 16.6. The van der Waals surface area contributed by atoms with E-state index in [1.54, 1.807) is 29.0 Å². The monoisotopic (exact) mass is 373 g/mol. The molecule has 0 fully saturated rings. The van der Waals surface area contributed by atoms with E-state index in [1.807, 2.05) is 20.8 Å². The molecule has 3 heterocycles. The van der Waals surface area contributed by atoms with E-state index in [0.29, 0.717) is 48.2 Å². The number of nitrogen functional groups attached to an aromatic ring is 1. The molecule has 10 heteroatoms. The molecule has 0 aliphatic rings. The van der Waals surface area contributed by atoms with Crippen molar-refractivity contribution in [3.8, 4) is 17.1 Å². The van der Waals surface area contributed by atoms with Crippen LogP contribution in [0.1, 0.15) is 27.2 Å². The van der Waals surface area contributed by atoms with Crippen molar-refractivity contribution in [2.45, 2.75) is 32.8 Å². The number of H-pyrrole nitrogens is 1. The highest BCUT2D eigenvalue weighted by Crippen LogP contribution is 2.29. The number of aromatic amines is 1. The number of hydrogen-bond acceptors (Lipinski definition) is 7. The Morgan fingerprint density at radius 1 is 1.41 bits per heavy atom. The van der Waals surface area contributed by atoms with Crippen LogP contribution in [0.3, 0.4) is 0 Å². The van der Waals surface area contributed by atoms with Crippen LogP contribution >= 0.6 is 0 Å². The van der Waals surface area contributed by atoms with Gasteiger partial charge in [0, 0.05) is 18.7 Å². The Morgan fingerprint density at radius 3 is 2.93 bits per heavy atom. The molecule has 0 aromatic carbocycles. The minimum absolute atomic E-state index is 0.370. The van der Waals surface area contributed by atoms with Crippen molar-refractivity contribution >= 4 is 17.6 Å². The maximum Gasteiger partial charge on any atom is 0.407 e. The van der Waals surface area contributed by atoms with Gasteiger partial charge >= 0.3 is 6.09 Å². The first kappa shape index (κ1) is 18.5. The summed E-state index contributed by atoms with van der Waals surface area (Å²) < 4.78 is 12.7. The first-order valence-electron chi connectivity index (χ1n) is 8.57. The van der Waals surface area contributed by atoms with E-state index in [4.69, 9.17) is 15.2 Å². The second kappa shape index (κ2) is 7.52. The molecular weight excluding hydrogens is 350 g/mol. The molecule has 0 spiro atoms. The van der Waals surface area contributed by atoms with Crippen LogP contribution in [0.25, 0.3) is 17.0 Å². The van der Waals surface area contributed by atoms with Crippen molar-refractivity contribution in [1.82, 2.24) is 30.1 Å². The Morgan fingerprint density at radius 2 is 2.22 bits per heavy atom. The minimum atomic E-state index is -0.522. The molecule has 0 saturated carbocycles. The van der Waals surface area contributed by atoms with Crippen molar-refractivity contribution in [2.24, 2.45) is 0 Å². The third kappa shape index (κ3) is 4.66. The van der Waals surface area contributed by atoms with E-state index >= 15 is 0 Å². The number of ether oxygens (including phenoxy) is 2. The Labute approximate surface area is 156 Å². The van der Waals surface area contributed by atoms with E-state index in [2.05, 4.69) is 25.6 Å². The average molecular weight is 373 g/mol. The van der Waals surface area contributed by atoms with Crippen molar-refractivity contribution in [2.75, 3.05) is 18.9 Å². The number of nitrogens with zero attached hydrogens (tertiary/aromatic N) is 4. The number of nitrogens with two attached hydrogens (primary N) is 1. The van der Waals surface area contributed by atoms with E-state index in [9.17, 15) is 4.79 Å². The Bertz CT molecular complexity index is 926. The second-order valence-electron chi connectivity index (χ2n) is 6.91. The summed E-state index contributed by atoms with van der Waals surface area (Å²) in [5, 5.41) is 13.8. The number of rotatable bonds is 6. The van der Waals surface area contributed by atoms with Gasteiger partial charge in [0.05, 0.1) is 24.7 Å². The first-order chi connectivity index (χ1) is 12.8. The molecule has 0 bridgehead atoms. The first-order valence-corrected chi connectivity index (χ1v) is 8.57. The third-order valence-corrected chi connectivity index (χ3v) is 3.48. The number of carbonyl (C=O) groups excluding carboxylic acids is 1. The number of carbonyl (C=O) groups is 1. The maximum atomic E-state index is 11.6. The molecule has 0 saturated heterocycles. The molecule has 3 rings (SSSR count). The minimum Gasteiger partial charge on any atom is -0.490 e. The lowest BCUT2D eigenvalue weighted by atomic mass is 10.2. The summed E-state index contributed by atoms with van der Waals surface area (Å²) in [4.78, 5) is 16.0. The number of aromatic nitrogens is 5. The molecule has 27 heavy (non-hydrogen) atoms.